The predicted molar refractivity (Wildman–Crippen MR) is 72.5 cm³/mol. The van der Waals surface area contributed by atoms with Gasteiger partial charge >= 0.3 is 12.1 Å². The summed E-state index contributed by atoms with van der Waals surface area (Å²) in [7, 11) is 0. The molecule has 2 N–H and O–H groups in total. The molecule has 0 spiro atoms. The fourth-order valence-electron chi connectivity index (χ4n) is 1.61. The summed E-state index contributed by atoms with van der Waals surface area (Å²) in [6, 6.07) is 3.02. The maximum absolute atomic E-state index is 12.8. The first-order valence-corrected chi connectivity index (χ1v) is 6.23. The van der Waals surface area contributed by atoms with E-state index in [0.29, 0.717) is 26.2 Å². The molecule has 1 rings (SSSR count). The zero-order chi connectivity index (χ0) is 15.9. The third kappa shape index (κ3) is 5.47. The van der Waals surface area contributed by atoms with Crippen LogP contribution in [0, 0.1) is 0 Å². The quantitative estimate of drug-likeness (QED) is 0.571. The molecule has 0 bridgehead atoms. The van der Waals surface area contributed by atoms with Gasteiger partial charge in [0.05, 0.1) is 24.3 Å². The molecule has 0 aliphatic carbocycles. The van der Waals surface area contributed by atoms with E-state index in [0.717, 1.165) is 12.1 Å². The van der Waals surface area contributed by atoms with E-state index < -0.39 is 23.3 Å². The average molecular weight is 303 g/mol. The molecular formula is C14H16F3NO3. The van der Waals surface area contributed by atoms with E-state index in [1.165, 1.54) is 6.07 Å². The number of halogens is 3. The molecule has 4 nitrogen and oxygen atoms in total. The van der Waals surface area contributed by atoms with Crippen LogP contribution in [0.15, 0.2) is 30.9 Å². The third-order valence-electron chi connectivity index (χ3n) is 2.60. The van der Waals surface area contributed by atoms with Gasteiger partial charge in [0.2, 0.25) is 0 Å². The number of carbonyl (C=O) groups is 1. The Kier molecular flexibility index (Phi) is 6.23. The van der Waals surface area contributed by atoms with E-state index in [4.69, 9.17) is 9.84 Å². The van der Waals surface area contributed by atoms with Crippen molar-refractivity contribution in [1.82, 2.24) is 0 Å². The van der Waals surface area contributed by atoms with Crippen molar-refractivity contribution in [1.29, 1.82) is 0 Å². The predicted octanol–water partition coefficient (Wildman–Crippen LogP) is 3.41. The lowest BCUT2D eigenvalue weighted by Gasteiger charge is -2.13. The van der Waals surface area contributed by atoms with Gasteiger partial charge in [-0.1, -0.05) is 6.08 Å². The molecule has 1 aromatic rings. The highest BCUT2D eigenvalue weighted by Crippen LogP contribution is 2.33. The summed E-state index contributed by atoms with van der Waals surface area (Å²) in [6.45, 7) is 4.68. The van der Waals surface area contributed by atoms with Crippen molar-refractivity contribution in [3.8, 4) is 0 Å². The molecule has 0 saturated heterocycles. The molecule has 0 aliphatic heterocycles. The highest BCUT2D eigenvalue weighted by Gasteiger charge is 2.35. The lowest BCUT2D eigenvalue weighted by atomic mass is 10.1. The van der Waals surface area contributed by atoms with E-state index in [-0.39, 0.29) is 5.69 Å². The maximum Gasteiger partial charge on any atom is 0.417 e. The Morgan fingerprint density at radius 2 is 2.10 bits per heavy atom. The van der Waals surface area contributed by atoms with Gasteiger partial charge in [0.25, 0.3) is 0 Å². The number of ether oxygens (including phenoxy) is 1. The van der Waals surface area contributed by atoms with Crippen LogP contribution in [0.3, 0.4) is 0 Å². The summed E-state index contributed by atoms with van der Waals surface area (Å²) < 4.78 is 43.6. The molecule has 0 fully saturated rings. The van der Waals surface area contributed by atoms with Crippen molar-refractivity contribution >= 4 is 11.7 Å². The highest BCUT2D eigenvalue weighted by molar-refractivity contribution is 5.90. The van der Waals surface area contributed by atoms with Gasteiger partial charge in [0, 0.05) is 12.2 Å². The van der Waals surface area contributed by atoms with Gasteiger partial charge in [-0.15, -0.1) is 6.58 Å². The Morgan fingerprint density at radius 3 is 2.67 bits per heavy atom. The number of hydrogen-bond acceptors (Lipinski definition) is 3. The van der Waals surface area contributed by atoms with Gasteiger partial charge in [-0.3, -0.25) is 0 Å². The summed E-state index contributed by atoms with van der Waals surface area (Å²) in [5.41, 5.74) is -1.75. The molecule has 7 heteroatoms. The number of benzene rings is 1. The third-order valence-corrected chi connectivity index (χ3v) is 2.60. The minimum Gasteiger partial charge on any atom is -0.478 e. The molecule has 116 valence electrons. The summed E-state index contributed by atoms with van der Waals surface area (Å²) in [5.74, 6) is -1.61. The van der Waals surface area contributed by atoms with E-state index in [1.807, 2.05) is 0 Å². The number of nitrogens with one attached hydrogen (secondary N) is 1. The topological polar surface area (TPSA) is 58.6 Å². The molecular weight excluding hydrogens is 287 g/mol. The van der Waals surface area contributed by atoms with Crippen molar-refractivity contribution < 1.29 is 27.8 Å². The number of carboxylic acid groups (broad SMARTS) is 1. The molecule has 0 aliphatic rings. The minimum absolute atomic E-state index is 0.194. The maximum atomic E-state index is 12.8. The monoisotopic (exact) mass is 303 g/mol. The fourth-order valence-corrected chi connectivity index (χ4v) is 1.61. The van der Waals surface area contributed by atoms with Gasteiger partial charge in [0.15, 0.2) is 0 Å². The Labute approximate surface area is 120 Å². The molecule has 0 heterocycles. The second-order valence-corrected chi connectivity index (χ2v) is 4.18. The number of alkyl halides is 3. The van der Waals surface area contributed by atoms with E-state index in [2.05, 4.69) is 11.9 Å². The van der Waals surface area contributed by atoms with Crippen molar-refractivity contribution in [2.24, 2.45) is 0 Å². The van der Waals surface area contributed by atoms with Gasteiger partial charge in [-0.05, 0) is 24.6 Å². The molecule has 0 saturated carbocycles. The average Bonchev–Trinajstić information content (AvgIpc) is 2.41. The molecule has 0 radical (unpaired) electrons. The normalized spacial score (nSPS) is 11.2. The minimum atomic E-state index is -4.72. The zero-order valence-corrected chi connectivity index (χ0v) is 11.2. The van der Waals surface area contributed by atoms with E-state index >= 15 is 0 Å². The summed E-state index contributed by atoms with van der Waals surface area (Å²) in [4.78, 5) is 10.8. The van der Waals surface area contributed by atoms with Crippen LogP contribution in [0.25, 0.3) is 0 Å². The molecule has 21 heavy (non-hydrogen) atoms. The van der Waals surface area contributed by atoms with Crippen molar-refractivity contribution in [2.45, 2.75) is 12.6 Å². The van der Waals surface area contributed by atoms with Crippen LogP contribution in [-0.2, 0) is 10.9 Å². The molecule has 0 atom stereocenters. The lowest BCUT2D eigenvalue weighted by Crippen LogP contribution is -2.15. The Balaban J connectivity index is 2.68. The Hall–Kier alpha value is -2.02. The van der Waals surface area contributed by atoms with Gasteiger partial charge in [0.1, 0.15) is 0 Å². The first-order chi connectivity index (χ1) is 9.86. The first kappa shape index (κ1) is 17.0. The number of carboxylic acids is 1. The fraction of sp³-hybridized carbons (Fsp3) is 0.357. The molecule has 1 aromatic carbocycles. The number of rotatable bonds is 8. The van der Waals surface area contributed by atoms with Crippen LogP contribution in [0.5, 0.6) is 0 Å². The van der Waals surface area contributed by atoms with E-state index in [1.54, 1.807) is 6.08 Å². The second kappa shape index (κ2) is 7.68. The van der Waals surface area contributed by atoms with Crippen LogP contribution in [0.1, 0.15) is 22.3 Å². The summed E-state index contributed by atoms with van der Waals surface area (Å²) >= 11 is 0. The number of aromatic carboxylic acids is 1. The number of anilines is 1. The van der Waals surface area contributed by atoms with Crippen LogP contribution in [0.2, 0.25) is 0 Å². The van der Waals surface area contributed by atoms with Crippen LogP contribution in [0.4, 0.5) is 18.9 Å². The second-order valence-electron chi connectivity index (χ2n) is 4.18. The standard InChI is InChI=1S/C14H16F3NO3/c1-2-3-7-21-8-6-18-10-4-5-11(13(19)20)12(9-10)14(15,16)17/h2,4-5,9,18H,1,3,6-8H2,(H,19,20). The van der Waals surface area contributed by atoms with Crippen molar-refractivity contribution in [3.63, 3.8) is 0 Å². The zero-order valence-electron chi connectivity index (χ0n) is 11.2. The molecule has 0 amide bonds. The molecule has 0 unspecified atom stereocenters. The van der Waals surface area contributed by atoms with E-state index in [9.17, 15) is 18.0 Å². The lowest BCUT2D eigenvalue weighted by molar-refractivity contribution is -0.138. The van der Waals surface area contributed by atoms with Crippen LogP contribution >= 0.6 is 0 Å². The molecule has 0 aromatic heterocycles. The van der Waals surface area contributed by atoms with Gasteiger partial charge < -0.3 is 15.2 Å². The summed E-state index contributed by atoms with van der Waals surface area (Å²) in [6.07, 6.45) is -2.31. The van der Waals surface area contributed by atoms with Crippen LogP contribution in [-0.4, -0.2) is 30.8 Å². The smallest absolute Gasteiger partial charge is 0.417 e. The first-order valence-electron chi connectivity index (χ1n) is 6.23. The number of hydrogen-bond donors (Lipinski definition) is 2. The van der Waals surface area contributed by atoms with Crippen molar-refractivity contribution in [2.75, 3.05) is 25.1 Å². The SMILES string of the molecule is C=CCCOCCNc1ccc(C(=O)O)c(C(F)(F)F)c1. The largest absolute Gasteiger partial charge is 0.478 e. The Bertz CT molecular complexity index is 501. The van der Waals surface area contributed by atoms with Crippen LogP contribution < -0.4 is 5.32 Å². The van der Waals surface area contributed by atoms with Gasteiger partial charge in [-0.2, -0.15) is 13.2 Å². The summed E-state index contributed by atoms with van der Waals surface area (Å²) in [5, 5.41) is 11.5. The van der Waals surface area contributed by atoms with Gasteiger partial charge in [-0.25, -0.2) is 4.79 Å². The highest BCUT2D eigenvalue weighted by atomic mass is 19.4. The Morgan fingerprint density at radius 1 is 1.38 bits per heavy atom. The van der Waals surface area contributed by atoms with Crippen molar-refractivity contribution in [3.05, 3.63) is 42.0 Å².